The van der Waals surface area contributed by atoms with E-state index in [1.54, 1.807) is 0 Å². The van der Waals surface area contributed by atoms with Gasteiger partial charge >= 0.3 is 0 Å². The summed E-state index contributed by atoms with van der Waals surface area (Å²) in [6.45, 7) is 3.15. The van der Waals surface area contributed by atoms with Crippen LogP contribution in [0, 0.1) is 0 Å². The van der Waals surface area contributed by atoms with Gasteiger partial charge in [0, 0.05) is 0 Å². The maximum atomic E-state index is 2.22. The molecule has 16 heavy (non-hydrogen) atoms. The first-order valence-electron chi connectivity index (χ1n) is 5.58. The number of nitrogens with zero attached hydrogens (tertiary/aromatic N) is 2. The van der Waals surface area contributed by atoms with Crippen LogP contribution in [0.5, 0.6) is 0 Å². The monoisotopic (exact) mass is 213 g/mol. The Kier molecular flexibility index (Phi) is 3.20. The van der Waals surface area contributed by atoms with Gasteiger partial charge in [-0.1, -0.05) is 36.4 Å². The lowest BCUT2D eigenvalue weighted by atomic mass is 10.2. The standard InChI is InChI=1S/C14H17N2/c1-3-16-12-15(2)11-14(16)10-9-13-7-5-4-6-8-13/h4-12H,3H2,1-2H3/q+1/b10-9-. The SMILES string of the molecule is CCn1c[n+](C)cc1/C=C\c1ccccc1. The van der Waals surface area contributed by atoms with E-state index in [2.05, 4.69) is 65.0 Å². The normalized spacial score (nSPS) is 11.1. The van der Waals surface area contributed by atoms with E-state index in [-0.39, 0.29) is 0 Å². The van der Waals surface area contributed by atoms with Crippen molar-refractivity contribution in [1.82, 2.24) is 4.57 Å². The molecule has 1 aromatic carbocycles. The molecule has 2 nitrogen and oxygen atoms in total. The van der Waals surface area contributed by atoms with Crippen molar-refractivity contribution in [3.05, 3.63) is 54.1 Å². The molecule has 0 aliphatic carbocycles. The quantitative estimate of drug-likeness (QED) is 0.693. The molecule has 0 saturated carbocycles. The molecule has 0 amide bonds. The van der Waals surface area contributed by atoms with Crippen molar-refractivity contribution >= 4 is 12.2 Å². The first kappa shape index (κ1) is 10.7. The van der Waals surface area contributed by atoms with E-state index < -0.39 is 0 Å². The molecule has 1 heterocycles. The maximum Gasteiger partial charge on any atom is 0.244 e. The highest BCUT2D eigenvalue weighted by molar-refractivity contribution is 5.67. The first-order chi connectivity index (χ1) is 7.79. The zero-order valence-electron chi connectivity index (χ0n) is 9.80. The highest BCUT2D eigenvalue weighted by Gasteiger charge is 2.05. The molecule has 0 fully saturated rings. The third kappa shape index (κ3) is 2.40. The first-order valence-corrected chi connectivity index (χ1v) is 5.58. The summed E-state index contributed by atoms with van der Waals surface area (Å²) in [6.07, 6.45) is 8.52. The molecule has 82 valence electrons. The average Bonchev–Trinajstić information content (AvgIpc) is 2.68. The summed E-state index contributed by atoms with van der Waals surface area (Å²) in [5.41, 5.74) is 2.46. The van der Waals surface area contributed by atoms with Gasteiger partial charge in [-0.3, -0.25) is 0 Å². The van der Waals surface area contributed by atoms with E-state index in [0.717, 1.165) is 6.54 Å². The predicted molar refractivity (Wildman–Crippen MR) is 66.7 cm³/mol. The molecular formula is C14H17N2+. The number of rotatable bonds is 3. The number of aromatic nitrogens is 2. The van der Waals surface area contributed by atoms with Gasteiger partial charge in [0.1, 0.15) is 6.20 Å². The lowest BCUT2D eigenvalue weighted by Crippen LogP contribution is -2.23. The third-order valence-electron chi connectivity index (χ3n) is 2.58. The summed E-state index contributed by atoms with van der Waals surface area (Å²) in [7, 11) is 2.05. The molecule has 0 bridgehead atoms. The molecular weight excluding hydrogens is 196 g/mol. The molecule has 0 saturated heterocycles. The second-order valence-corrected chi connectivity index (χ2v) is 3.86. The van der Waals surface area contributed by atoms with Crippen LogP contribution in [0.3, 0.4) is 0 Å². The van der Waals surface area contributed by atoms with Crippen LogP contribution in [0.15, 0.2) is 42.9 Å². The van der Waals surface area contributed by atoms with Crippen molar-refractivity contribution in [3.8, 4) is 0 Å². The molecule has 0 radical (unpaired) electrons. The highest BCUT2D eigenvalue weighted by Crippen LogP contribution is 2.06. The Labute approximate surface area is 96.5 Å². The smallest absolute Gasteiger partial charge is 0.239 e. The molecule has 0 spiro atoms. The molecule has 2 heteroatoms. The van der Waals surface area contributed by atoms with E-state index in [4.69, 9.17) is 0 Å². The largest absolute Gasteiger partial charge is 0.244 e. The lowest BCUT2D eigenvalue weighted by Gasteiger charge is -1.92. The van der Waals surface area contributed by atoms with Crippen LogP contribution in [0.4, 0.5) is 0 Å². The van der Waals surface area contributed by atoms with Crippen LogP contribution in [0.25, 0.3) is 12.2 Å². The van der Waals surface area contributed by atoms with Crippen LogP contribution in [0.1, 0.15) is 18.2 Å². The van der Waals surface area contributed by atoms with Crippen LogP contribution < -0.4 is 4.57 Å². The number of imidazole rings is 1. The Balaban J connectivity index is 2.23. The van der Waals surface area contributed by atoms with E-state index in [9.17, 15) is 0 Å². The van der Waals surface area contributed by atoms with Gasteiger partial charge in [0.25, 0.3) is 0 Å². The van der Waals surface area contributed by atoms with Gasteiger partial charge < -0.3 is 0 Å². The fraction of sp³-hybridized carbons (Fsp3) is 0.214. The number of benzene rings is 1. The second-order valence-electron chi connectivity index (χ2n) is 3.86. The molecule has 0 aliphatic heterocycles. The molecule has 0 N–H and O–H groups in total. The molecule has 0 atom stereocenters. The third-order valence-corrected chi connectivity index (χ3v) is 2.58. The van der Waals surface area contributed by atoms with Crippen LogP contribution in [-0.4, -0.2) is 4.57 Å². The topological polar surface area (TPSA) is 8.81 Å². The molecule has 2 rings (SSSR count). The fourth-order valence-electron chi connectivity index (χ4n) is 1.75. The summed E-state index contributed by atoms with van der Waals surface area (Å²) >= 11 is 0. The van der Waals surface area contributed by atoms with Crippen LogP contribution in [-0.2, 0) is 13.6 Å². The number of aryl methyl sites for hydroxylation is 2. The minimum absolute atomic E-state index is 0.995. The minimum Gasteiger partial charge on any atom is -0.239 e. The van der Waals surface area contributed by atoms with E-state index in [0.29, 0.717) is 0 Å². The van der Waals surface area contributed by atoms with Gasteiger partial charge in [-0.15, -0.1) is 0 Å². The van der Waals surface area contributed by atoms with E-state index in [1.807, 2.05) is 13.1 Å². The molecule has 2 aromatic rings. The van der Waals surface area contributed by atoms with Crippen molar-refractivity contribution in [2.45, 2.75) is 13.5 Å². The summed E-state index contributed by atoms with van der Waals surface area (Å²) in [5.74, 6) is 0. The van der Waals surface area contributed by atoms with Gasteiger partial charge in [0.05, 0.1) is 13.6 Å². The number of hydrogen-bond donors (Lipinski definition) is 0. The Morgan fingerprint density at radius 2 is 1.94 bits per heavy atom. The van der Waals surface area contributed by atoms with Crippen molar-refractivity contribution < 1.29 is 4.57 Å². The molecule has 1 aromatic heterocycles. The highest BCUT2D eigenvalue weighted by atomic mass is 15.1. The molecule has 0 aliphatic rings. The minimum atomic E-state index is 0.995. The van der Waals surface area contributed by atoms with Crippen molar-refractivity contribution in [3.63, 3.8) is 0 Å². The molecule has 0 unspecified atom stereocenters. The van der Waals surface area contributed by atoms with Crippen molar-refractivity contribution in [2.24, 2.45) is 7.05 Å². The second kappa shape index (κ2) is 4.79. The van der Waals surface area contributed by atoms with E-state index in [1.165, 1.54) is 11.3 Å². The van der Waals surface area contributed by atoms with Crippen LogP contribution >= 0.6 is 0 Å². The summed E-state index contributed by atoms with van der Waals surface area (Å²) < 4.78 is 4.30. The Hall–Kier alpha value is -1.83. The zero-order valence-corrected chi connectivity index (χ0v) is 9.80. The Morgan fingerprint density at radius 1 is 1.19 bits per heavy atom. The Bertz CT molecular complexity index is 481. The average molecular weight is 213 g/mol. The van der Waals surface area contributed by atoms with E-state index >= 15 is 0 Å². The van der Waals surface area contributed by atoms with Gasteiger partial charge in [0.15, 0.2) is 5.69 Å². The fourth-order valence-corrected chi connectivity index (χ4v) is 1.75. The summed E-state index contributed by atoms with van der Waals surface area (Å²) in [5, 5.41) is 0. The summed E-state index contributed by atoms with van der Waals surface area (Å²) in [4.78, 5) is 0. The predicted octanol–water partition coefficient (Wildman–Crippen LogP) is 2.50. The number of hydrogen-bond acceptors (Lipinski definition) is 0. The maximum absolute atomic E-state index is 2.22. The zero-order chi connectivity index (χ0) is 11.4. The van der Waals surface area contributed by atoms with Crippen molar-refractivity contribution in [2.75, 3.05) is 0 Å². The summed E-state index contributed by atoms with van der Waals surface area (Å²) in [6, 6.07) is 10.4. The lowest BCUT2D eigenvalue weighted by molar-refractivity contribution is -0.671. The van der Waals surface area contributed by atoms with Gasteiger partial charge in [0.2, 0.25) is 6.33 Å². The van der Waals surface area contributed by atoms with Gasteiger partial charge in [-0.2, -0.15) is 0 Å². The van der Waals surface area contributed by atoms with Crippen LogP contribution in [0.2, 0.25) is 0 Å². The van der Waals surface area contributed by atoms with Gasteiger partial charge in [-0.05, 0) is 18.6 Å². The Morgan fingerprint density at radius 3 is 2.62 bits per heavy atom. The van der Waals surface area contributed by atoms with Gasteiger partial charge in [-0.25, -0.2) is 9.13 Å². The van der Waals surface area contributed by atoms with Crippen molar-refractivity contribution in [1.29, 1.82) is 0 Å².